The van der Waals surface area contributed by atoms with Crippen LogP contribution in [0.15, 0.2) is 48.5 Å². The van der Waals surface area contributed by atoms with Gasteiger partial charge >= 0.3 is 0 Å². The second-order valence-electron chi connectivity index (χ2n) is 11.4. The van der Waals surface area contributed by atoms with Crippen LogP contribution in [0.3, 0.4) is 0 Å². The molecule has 0 aliphatic heterocycles. The molecule has 2 atom stereocenters. The molecule has 2 unspecified atom stereocenters. The van der Waals surface area contributed by atoms with Gasteiger partial charge in [0.15, 0.2) is 0 Å². The Kier molecular flexibility index (Phi) is 9.00. The van der Waals surface area contributed by atoms with Gasteiger partial charge in [-0.1, -0.05) is 82.3 Å². The molecule has 3 aromatic carbocycles. The Balaban J connectivity index is 1.93. The smallest absolute Gasteiger partial charge is 0.119 e. The van der Waals surface area contributed by atoms with Gasteiger partial charge in [0.05, 0.1) is 0 Å². The van der Waals surface area contributed by atoms with Crippen LogP contribution >= 0.6 is 0 Å². The summed E-state index contributed by atoms with van der Waals surface area (Å²) in [7, 11) is 0. The van der Waals surface area contributed by atoms with Gasteiger partial charge in [0, 0.05) is 5.92 Å². The average Bonchev–Trinajstić information content (AvgIpc) is 2.89. The zero-order valence-electron chi connectivity index (χ0n) is 23.6. The number of phenolic OH excluding ortho intramolecular Hbond substituents is 2. The zero-order chi connectivity index (χ0) is 26.5. The monoisotopic (exact) mass is 498 g/mol. The molecule has 4 rings (SSSR count). The molecule has 0 spiro atoms. The third-order valence-corrected chi connectivity index (χ3v) is 8.84. The highest BCUT2D eigenvalue weighted by Crippen LogP contribution is 2.45. The minimum atomic E-state index is 0.0483. The van der Waals surface area contributed by atoms with Crippen LogP contribution in [0.5, 0.6) is 11.5 Å². The molecule has 1 saturated carbocycles. The van der Waals surface area contributed by atoms with E-state index in [0.717, 1.165) is 47.9 Å². The summed E-state index contributed by atoms with van der Waals surface area (Å²) in [6.45, 7) is 10.9. The van der Waals surface area contributed by atoms with E-state index in [1.54, 1.807) is 0 Å². The third kappa shape index (κ3) is 5.89. The van der Waals surface area contributed by atoms with E-state index in [0.29, 0.717) is 23.3 Å². The highest BCUT2D eigenvalue weighted by Gasteiger charge is 2.27. The fourth-order valence-electron chi connectivity index (χ4n) is 6.59. The SMILES string of the molecule is CCCCC(CC)c1cc(C(c2ccccc2C)c2cc(C3CCCCC3)c(O)cc2C)c(C)cc1O. The van der Waals surface area contributed by atoms with Gasteiger partial charge in [0.2, 0.25) is 0 Å². The standard InChI is InChI=1S/C35H46O2/c1-6-8-15-26(7-2)31-21-29(24(4)19-33(31)36)35(28-18-13-12-14-23(28)3)30-22-32(34(37)20-25(30)5)27-16-10-9-11-17-27/h12-14,18-22,26-27,35-37H,6-11,15-17H2,1-5H3. The van der Waals surface area contributed by atoms with E-state index in [2.05, 4.69) is 71.0 Å². The van der Waals surface area contributed by atoms with E-state index < -0.39 is 0 Å². The predicted octanol–water partition coefficient (Wildman–Crippen LogP) is 9.93. The molecule has 3 aromatic rings. The van der Waals surface area contributed by atoms with Gasteiger partial charge in [-0.05, 0) is 115 Å². The van der Waals surface area contributed by atoms with Gasteiger partial charge in [-0.15, -0.1) is 0 Å². The van der Waals surface area contributed by atoms with Crippen molar-refractivity contribution in [2.45, 2.75) is 110 Å². The van der Waals surface area contributed by atoms with Gasteiger partial charge in [-0.3, -0.25) is 0 Å². The van der Waals surface area contributed by atoms with Crippen molar-refractivity contribution in [3.63, 3.8) is 0 Å². The maximum absolute atomic E-state index is 11.1. The van der Waals surface area contributed by atoms with Crippen molar-refractivity contribution in [2.75, 3.05) is 0 Å². The minimum Gasteiger partial charge on any atom is -0.508 e. The fraction of sp³-hybridized carbons (Fsp3) is 0.486. The first-order valence-electron chi connectivity index (χ1n) is 14.6. The van der Waals surface area contributed by atoms with Crippen molar-refractivity contribution in [1.29, 1.82) is 0 Å². The fourth-order valence-corrected chi connectivity index (χ4v) is 6.59. The summed E-state index contributed by atoms with van der Waals surface area (Å²) in [6.07, 6.45) is 10.6. The summed E-state index contributed by atoms with van der Waals surface area (Å²) in [4.78, 5) is 0. The van der Waals surface area contributed by atoms with Gasteiger partial charge in [-0.25, -0.2) is 0 Å². The van der Waals surface area contributed by atoms with Gasteiger partial charge in [0.1, 0.15) is 11.5 Å². The van der Waals surface area contributed by atoms with E-state index in [-0.39, 0.29) is 5.92 Å². The Morgan fingerprint density at radius 1 is 0.730 bits per heavy atom. The Hall–Kier alpha value is -2.74. The van der Waals surface area contributed by atoms with Gasteiger partial charge in [0.25, 0.3) is 0 Å². The topological polar surface area (TPSA) is 40.5 Å². The lowest BCUT2D eigenvalue weighted by molar-refractivity contribution is 0.413. The second kappa shape index (κ2) is 12.2. The Labute approximate surface area is 224 Å². The molecule has 198 valence electrons. The molecule has 0 aromatic heterocycles. The number of benzene rings is 3. The van der Waals surface area contributed by atoms with Crippen molar-refractivity contribution >= 4 is 0 Å². The van der Waals surface area contributed by atoms with Crippen molar-refractivity contribution < 1.29 is 10.2 Å². The molecule has 2 N–H and O–H groups in total. The largest absolute Gasteiger partial charge is 0.508 e. The first-order valence-corrected chi connectivity index (χ1v) is 14.6. The lowest BCUT2D eigenvalue weighted by Gasteiger charge is -2.29. The Morgan fingerprint density at radius 3 is 2.03 bits per heavy atom. The summed E-state index contributed by atoms with van der Waals surface area (Å²) in [5.74, 6) is 1.71. The van der Waals surface area contributed by atoms with Gasteiger partial charge in [-0.2, -0.15) is 0 Å². The van der Waals surface area contributed by atoms with Crippen molar-refractivity contribution in [3.8, 4) is 11.5 Å². The molecule has 0 amide bonds. The molecule has 0 bridgehead atoms. The summed E-state index contributed by atoms with van der Waals surface area (Å²) in [5.41, 5.74) is 9.54. The molecule has 0 heterocycles. The highest BCUT2D eigenvalue weighted by atomic mass is 16.3. The van der Waals surface area contributed by atoms with E-state index in [4.69, 9.17) is 0 Å². The van der Waals surface area contributed by atoms with Gasteiger partial charge < -0.3 is 10.2 Å². The maximum atomic E-state index is 11.1. The molecule has 1 aliphatic rings. The first-order chi connectivity index (χ1) is 17.8. The van der Waals surface area contributed by atoms with Crippen LogP contribution in [0.1, 0.15) is 134 Å². The normalized spacial score (nSPS) is 16.0. The number of phenols is 2. The van der Waals surface area contributed by atoms with E-state index in [1.165, 1.54) is 54.4 Å². The predicted molar refractivity (Wildman–Crippen MR) is 156 cm³/mol. The summed E-state index contributed by atoms with van der Waals surface area (Å²) < 4.78 is 0. The molecular weight excluding hydrogens is 452 g/mol. The quantitative estimate of drug-likeness (QED) is 0.288. The maximum Gasteiger partial charge on any atom is 0.119 e. The van der Waals surface area contributed by atoms with Crippen LogP contribution in [0, 0.1) is 20.8 Å². The number of aryl methyl sites for hydroxylation is 3. The summed E-state index contributed by atoms with van der Waals surface area (Å²) in [5, 5.41) is 22.1. The number of unbranched alkanes of at least 4 members (excludes halogenated alkanes) is 1. The van der Waals surface area contributed by atoms with Crippen LogP contribution in [0.25, 0.3) is 0 Å². The Morgan fingerprint density at radius 2 is 1.38 bits per heavy atom. The van der Waals surface area contributed by atoms with E-state index in [9.17, 15) is 10.2 Å². The number of hydrogen-bond donors (Lipinski definition) is 2. The molecule has 2 nitrogen and oxygen atoms in total. The molecule has 2 heteroatoms. The van der Waals surface area contributed by atoms with Crippen LogP contribution < -0.4 is 0 Å². The molecule has 1 fully saturated rings. The number of hydrogen-bond acceptors (Lipinski definition) is 2. The number of aromatic hydroxyl groups is 2. The average molecular weight is 499 g/mol. The van der Waals surface area contributed by atoms with Crippen molar-refractivity contribution in [1.82, 2.24) is 0 Å². The molecule has 37 heavy (non-hydrogen) atoms. The minimum absolute atomic E-state index is 0.0483. The van der Waals surface area contributed by atoms with E-state index in [1.807, 2.05) is 12.1 Å². The second-order valence-corrected chi connectivity index (χ2v) is 11.4. The van der Waals surface area contributed by atoms with Crippen LogP contribution in [-0.2, 0) is 0 Å². The van der Waals surface area contributed by atoms with Crippen molar-refractivity contribution in [2.24, 2.45) is 0 Å². The molecular formula is C35H46O2. The Bertz CT molecular complexity index is 1200. The van der Waals surface area contributed by atoms with Crippen LogP contribution in [0.4, 0.5) is 0 Å². The lowest BCUT2D eigenvalue weighted by Crippen LogP contribution is -2.12. The summed E-state index contributed by atoms with van der Waals surface area (Å²) >= 11 is 0. The first kappa shape index (κ1) is 27.3. The zero-order valence-corrected chi connectivity index (χ0v) is 23.6. The lowest BCUT2D eigenvalue weighted by atomic mass is 9.75. The van der Waals surface area contributed by atoms with Crippen LogP contribution in [0.2, 0.25) is 0 Å². The molecule has 1 aliphatic carbocycles. The third-order valence-electron chi connectivity index (χ3n) is 8.84. The van der Waals surface area contributed by atoms with Crippen molar-refractivity contribution in [3.05, 3.63) is 93.0 Å². The number of rotatable bonds is 9. The van der Waals surface area contributed by atoms with Crippen LogP contribution in [-0.4, -0.2) is 10.2 Å². The summed E-state index contributed by atoms with van der Waals surface area (Å²) in [6, 6.07) is 17.3. The highest BCUT2D eigenvalue weighted by molar-refractivity contribution is 5.56. The molecule has 0 saturated heterocycles. The van der Waals surface area contributed by atoms with E-state index >= 15 is 0 Å². The molecule has 0 radical (unpaired) electrons.